The van der Waals surface area contributed by atoms with Crippen LogP contribution in [0.5, 0.6) is 10.9 Å². The van der Waals surface area contributed by atoms with E-state index in [1.165, 1.54) is 11.3 Å². The lowest BCUT2D eigenvalue weighted by molar-refractivity contribution is 0.476. The lowest BCUT2D eigenvalue weighted by atomic mass is 9.99. The first kappa shape index (κ1) is 21.7. The van der Waals surface area contributed by atoms with Gasteiger partial charge in [0.15, 0.2) is 5.82 Å². The van der Waals surface area contributed by atoms with Crippen molar-refractivity contribution in [2.45, 2.75) is 13.3 Å². The normalized spacial score (nSPS) is 11.4. The van der Waals surface area contributed by atoms with Crippen LogP contribution < -0.4 is 10.4 Å². The van der Waals surface area contributed by atoms with Crippen molar-refractivity contribution in [3.63, 3.8) is 0 Å². The van der Waals surface area contributed by atoms with Crippen molar-refractivity contribution in [2.24, 2.45) is 4.99 Å². The number of rotatable bonds is 6. The van der Waals surface area contributed by atoms with Crippen LogP contribution in [0.25, 0.3) is 11.0 Å². The molecule has 0 aliphatic heterocycles. The van der Waals surface area contributed by atoms with Crippen LogP contribution in [0.1, 0.15) is 22.3 Å². The van der Waals surface area contributed by atoms with E-state index in [4.69, 9.17) is 9.15 Å². The molecule has 34 heavy (non-hydrogen) atoms. The van der Waals surface area contributed by atoms with E-state index in [1.807, 2.05) is 48.7 Å². The lowest BCUT2D eigenvalue weighted by Crippen LogP contribution is -2.11. The Kier molecular flexibility index (Phi) is 6.01. The third-order valence-corrected chi connectivity index (χ3v) is 6.10. The summed E-state index contributed by atoms with van der Waals surface area (Å²) < 4.78 is 26.5. The van der Waals surface area contributed by atoms with Crippen LogP contribution >= 0.6 is 11.3 Å². The molecule has 0 fully saturated rings. The van der Waals surface area contributed by atoms with E-state index in [-0.39, 0.29) is 12.1 Å². The predicted molar refractivity (Wildman–Crippen MR) is 132 cm³/mol. The average Bonchev–Trinajstić information content (AvgIpc) is 3.35. The molecule has 0 atom stereocenters. The number of hydrogen-bond donors (Lipinski definition) is 0. The molecular weight excluding hydrogens is 451 g/mol. The van der Waals surface area contributed by atoms with Gasteiger partial charge in [0, 0.05) is 41.2 Å². The minimum absolute atomic E-state index is 0.0992. The predicted octanol–water partition coefficient (Wildman–Crippen LogP) is 6.83. The highest BCUT2D eigenvalue weighted by molar-refractivity contribution is 7.11. The molecule has 5 nitrogen and oxygen atoms in total. The van der Waals surface area contributed by atoms with Crippen molar-refractivity contribution in [3.8, 4) is 10.9 Å². The number of aromatic nitrogens is 1. The molecule has 2 aromatic heterocycles. The van der Waals surface area contributed by atoms with Crippen molar-refractivity contribution in [3.05, 3.63) is 117 Å². The minimum Gasteiger partial charge on any atom is -0.431 e. The Hall–Kier alpha value is -4.10. The molecule has 5 aromatic rings. The summed E-state index contributed by atoms with van der Waals surface area (Å²) in [5.41, 5.74) is 2.51. The summed E-state index contributed by atoms with van der Waals surface area (Å²) in [6.07, 6.45) is 3.36. The molecule has 0 bridgehead atoms. The number of fused-ring (bicyclic) bond motifs is 1. The number of hydrogen-bond acceptors (Lipinski definition) is 6. The van der Waals surface area contributed by atoms with E-state index in [2.05, 4.69) is 9.98 Å². The molecule has 0 aliphatic carbocycles. The summed E-state index contributed by atoms with van der Waals surface area (Å²) in [6.45, 7) is 1.84. The summed E-state index contributed by atoms with van der Waals surface area (Å²) in [4.78, 5) is 21.2. The number of ether oxygens (including phenoxy) is 1. The topological polar surface area (TPSA) is 64.7 Å². The summed E-state index contributed by atoms with van der Waals surface area (Å²) in [5.74, 6) is 0.0635. The molecule has 7 heteroatoms. The minimum atomic E-state index is -0.506. The van der Waals surface area contributed by atoms with Crippen LogP contribution in [0.3, 0.4) is 0 Å². The SMILES string of the molecule is Cc1c(Cc2cccc(N=Cc3ccccc3)c2F)c(=O)oc2cc(Oc3nccs3)ccc12. The van der Waals surface area contributed by atoms with Crippen LogP contribution in [0.2, 0.25) is 0 Å². The molecule has 168 valence electrons. The van der Waals surface area contributed by atoms with Crippen molar-refractivity contribution in [2.75, 3.05) is 0 Å². The van der Waals surface area contributed by atoms with Gasteiger partial charge in [-0.25, -0.2) is 14.2 Å². The fraction of sp³-hybridized carbons (Fsp3) is 0.0741. The monoisotopic (exact) mass is 470 g/mol. The zero-order valence-electron chi connectivity index (χ0n) is 18.2. The van der Waals surface area contributed by atoms with Crippen molar-refractivity contribution >= 4 is 34.2 Å². The molecule has 0 spiro atoms. The third-order valence-electron chi connectivity index (χ3n) is 5.45. The van der Waals surface area contributed by atoms with E-state index < -0.39 is 11.4 Å². The Morgan fingerprint density at radius 3 is 2.76 bits per heavy atom. The molecule has 0 saturated heterocycles. The Balaban J connectivity index is 1.45. The molecular formula is C27H19FN2O3S. The van der Waals surface area contributed by atoms with Crippen LogP contribution in [0.15, 0.2) is 92.5 Å². The maximum absolute atomic E-state index is 15.2. The Bertz CT molecular complexity index is 1540. The maximum atomic E-state index is 15.2. The number of halogens is 1. The molecule has 2 heterocycles. The largest absolute Gasteiger partial charge is 0.431 e. The quantitative estimate of drug-likeness (QED) is 0.202. The fourth-order valence-corrected chi connectivity index (χ4v) is 4.18. The summed E-state index contributed by atoms with van der Waals surface area (Å²) in [7, 11) is 0. The van der Waals surface area contributed by atoms with Gasteiger partial charge in [-0.15, -0.1) is 0 Å². The average molecular weight is 471 g/mol. The zero-order chi connectivity index (χ0) is 23.5. The number of nitrogens with zero attached hydrogens (tertiary/aromatic N) is 2. The van der Waals surface area contributed by atoms with E-state index >= 15 is 4.39 Å². The van der Waals surface area contributed by atoms with Gasteiger partial charge in [0.1, 0.15) is 11.3 Å². The number of thiazole rings is 1. The van der Waals surface area contributed by atoms with Gasteiger partial charge < -0.3 is 9.15 Å². The molecule has 0 unspecified atom stereocenters. The standard InChI is InChI=1S/C27H19FN2O3S/c1-17-21-11-10-20(32-27-29-12-13-34-27)15-24(21)33-26(31)22(17)14-19-8-5-9-23(25(19)28)30-16-18-6-3-2-4-7-18/h2-13,15-16H,14H2,1H3. The Labute approximate surface area is 198 Å². The first-order valence-corrected chi connectivity index (χ1v) is 11.5. The summed E-state index contributed by atoms with van der Waals surface area (Å²) in [6, 6.07) is 19.8. The second kappa shape index (κ2) is 9.41. The first-order chi connectivity index (χ1) is 16.6. The van der Waals surface area contributed by atoms with Gasteiger partial charge in [0.25, 0.3) is 5.19 Å². The summed E-state index contributed by atoms with van der Waals surface area (Å²) >= 11 is 1.37. The molecule has 3 aromatic carbocycles. The fourth-order valence-electron chi connectivity index (χ4n) is 3.68. The van der Waals surface area contributed by atoms with Crippen LogP contribution in [-0.4, -0.2) is 11.2 Å². The van der Waals surface area contributed by atoms with Crippen molar-refractivity contribution in [1.29, 1.82) is 0 Å². The second-order valence-electron chi connectivity index (χ2n) is 7.65. The second-order valence-corrected chi connectivity index (χ2v) is 8.50. The van der Waals surface area contributed by atoms with E-state index in [0.29, 0.717) is 27.7 Å². The summed E-state index contributed by atoms with van der Waals surface area (Å²) in [5, 5.41) is 3.08. The zero-order valence-corrected chi connectivity index (χ0v) is 19.0. The van der Waals surface area contributed by atoms with Gasteiger partial charge in [-0.1, -0.05) is 53.8 Å². The van der Waals surface area contributed by atoms with Gasteiger partial charge in [-0.2, -0.15) is 0 Å². The number of aryl methyl sites for hydroxylation is 1. The van der Waals surface area contributed by atoms with E-state index in [0.717, 1.165) is 16.5 Å². The van der Waals surface area contributed by atoms with Crippen molar-refractivity contribution in [1.82, 2.24) is 4.98 Å². The van der Waals surface area contributed by atoms with Gasteiger partial charge in [-0.05, 0) is 41.8 Å². The molecule has 0 aliphatic rings. The number of aliphatic imine (C=N–C) groups is 1. The first-order valence-electron chi connectivity index (χ1n) is 10.6. The Morgan fingerprint density at radius 1 is 1.12 bits per heavy atom. The van der Waals surface area contributed by atoms with E-state index in [9.17, 15) is 4.79 Å². The van der Waals surface area contributed by atoms with Crippen LogP contribution in [0, 0.1) is 12.7 Å². The highest BCUT2D eigenvalue weighted by Crippen LogP contribution is 2.30. The van der Waals surface area contributed by atoms with Crippen LogP contribution in [-0.2, 0) is 6.42 Å². The highest BCUT2D eigenvalue weighted by atomic mass is 32.1. The Morgan fingerprint density at radius 2 is 1.97 bits per heavy atom. The van der Waals surface area contributed by atoms with Gasteiger partial charge in [0.05, 0.1) is 5.69 Å². The maximum Gasteiger partial charge on any atom is 0.340 e. The third kappa shape index (κ3) is 4.51. The molecule has 0 saturated carbocycles. The lowest BCUT2D eigenvalue weighted by Gasteiger charge is -2.10. The van der Waals surface area contributed by atoms with Crippen LogP contribution in [0.4, 0.5) is 10.1 Å². The van der Waals surface area contributed by atoms with Gasteiger partial charge in [-0.3, -0.25) is 4.99 Å². The molecule has 0 amide bonds. The van der Waals surface area contributed by atoms with Crippen molar-refractivity contribution < 1.29 is 13.5 Å². The van der Waals surface area contributed by atoms with Gasteiger partial charge in [0.2, 0.25) is 0 Å². The highest BCUT2D eigenvalue weighted by Gasteiger charge is 2.16. The number of benzene rings is 3. The van der Waals surface area contributed by atoms with E-state index in [1.54, 1.807) is 42.7 Å². The molecule has 0 radical (unpaired) electrons. The smallest absolute Gasteiger partial charge is 0.340 e. The van der Waals surface area contributed by atoms with Gasteiger partial charge >= 0.3 is 5.63 Å². The molecule has 5 rings (SSSR count). The molecule has 0 N–H and O–H groups in total.